The van der Waals surface area contributed by atoms with Gasteiger partial charge in [0.25, 0.3) is 0 Å². The van der Waals surface area contributed by atoms with Crippen molar-refractivity contribution in [3.05, 3.63) is 42.0 Å². The van der Waals surface area contributed by atoms with Crippen molar-refractivity contribution in [2.75, 3.05) is 19.6 Å². The van der Waals surface area contributed by atoms with E-state index in [9.17, 15) is 0 Å². The Hall–Kier alpha value is -1.08. The van der Waals surface area contributed by atoms with Gasteiger partial charge in [0.1, 0.15) is 0 Å². The minimum Gasteiger partial charge on any atom is -0.299 e. The first kappa shape index (κ1) is 9.47. The summed E-state index contributed by atoms with van der Waals surface area (Å²) in [7, 11) is 0. The van der Waals surface area contributed by atoms with Gasteiger partial charge in [-0.2, -0.15) is 0 Å². The third kappa shape index (κ3) is 2.05. The van der Waals surface area contributed by atoms with E-state index in [1.165, 1.54) is 24.1 Å². The highest BCUT2D eigenvalue weighted by Gasteiger charge is 2.11. The van der Waals surface area contributed by atoms with E-state index in [2.05, 4.69) is 48.2 Å². The first-order chi connectivity index (χ1) is 6.90. The molecule has 0 bridgehead atoms. The molecule has 0 fully saturated rings. The molecule has 0 radical (unpaired) electrons. The zero-order valence-electron chi connectivity index (χ0n) is 8.74. The summed E-state index contributed by atoms with van der Waals surface area (Å²) in [5.74, 6) is 0. The lowest BCUT2D eigenvalue weighted by molar-refractivity contribution is 0.321. The maximum Gasteiger partial charge on any atom is 0.0236 e. The first-order valence-electron chi connectivity index (χ1n) is 5.37. The summed E-state index contributed by atoms with van der Waals surface area (Å²) >= 11 is 0. The molecule has 0 saturated heterocycles. The third-order valence-corrected chi connectivity index (χ3v) is 2.82. The Labute approximate surface area is 86.1 Å². The molecule has 0 aromatic heterocycles. The van der Waals surface area contributed by atoms with Crippen LogP contribution in [-0.2, 0) is 0 Å². The summed E-state index contributed by atoms with van der Waals surface area (Å²) in [6.07, 6.45) is 3.57. The first-order valence-corrected chi connectivity index (χ1v) is 5.37. The van der Waals surface area contributed by atoms with Crippen LogP contribution in [0, 0.1) is 0 Å². The van der Waals surface area contributed by atoms with Crippen LogP contribution in [0.5, 0.6) is 0 Å². The zero-order valence-corrected chi connectivity index (χ0v) is 8.74. The minimum atomic E-state index is 1.11. The molecule has 0 atom stereocenters. The lowest BCUT2D eigenvalue weighted by Gasteiger charge is -2.25. The van der Waals surface area contributed by atoms with Crippen LogP contribution in [0.2, 0.25) is 0 Å². The molecular formula is C13H17N. The predicted octanol–water partition coefficient (Wildman–Crippen LogP) is 2.80. The molecule has 14 heavy (non-hydrogen) atoms. The molecule has 0 aliphatic carbocycles. The van der Waals surface area contributed by atoms with Gasteiger partial charge in [-0.05, 0) is 24.1 Å². The number of rotatable bonds is 2. The number of likely N-dealkylation sites (N-methyl/N-ethyl adjacent to an activating group) is 1. The molecular weight excluding hydrogens is 170 g/mol. The average Bonchev–Trinajstić information content (AvgIpc) is 2.30. The zero-order chi connectivity index (χ0) is 9.80. The van der Waals surface area contributed by atoms with Crippen molar-refractivity contribution < 1.29 is 0 Å². The Morgan fingerprint density at radius 3 is 2.71 bits per heavy atom. The van der Waals surface area contributed by atoms with E-state index in [-0.39, 0.29) is 0 Å². The van der Waals surface area contributed by atoms with Crippen molar-refractivity contribution in [2.24, 2.45) is 0 Å². The van der Waals surface area contributed by atoms with Crippen molar-refractivity contribution in [3.63, 3.8) is 0 Å². The van der Waals surface area contributed by atoms with Crippen LogP contribution in [0.25, 0.3) is 5.57 Å². The van der Waals surface area contributed by atoms with E-state index < -0.39 is 0 Å². The van der Waals surface area contributed by atoms with Crippen LogP contribution in [0.3, 0.4) is 0 Å². The predicted molar refractivity (Wildman–Crippen MR) is 61.2 cm³/mol. The molecule has 0 spiro atoms. The number of hydrogen-bond acceptors (Lipinski definition) is 1. The average molecular weight is 187 g/mol. The fourth-order valence-electron chi connectivity index (χ4n) is 1.94. The monoisotopic (exact) mass is 187 g/mol. The van der Waals surface area contributed by atoms with Gasteiger partial charge < -0.3 is 0 Å². The van der Waals surface area contributed by atoms with E-state index in [1.807, 2.05) is 0 Å². The van der Waals surface area contributed by atoms with Crippen molar-refractivity contribution in [3.8, 4) is 0 Å². The normalized spacial score (nSPS) is 17.9. The second kappa shape index (κ2) is 4.43. The molecule has 1 aliphatic rings. The van der Waals surface area contributed by atoms with E-state index in [0.29, 0.717) is 0 Å². The highest BCUT2D eigenvalue weighted by molar-refractivity contribution is 5.67. The van der Waals surface area contributed by atoms with Gasteiger partial charge in [0, 0.05) is 13.1 Å². The maximum absolute atomic E-state index is 2.49. The summed E-state index contributed by atoms with van der Waals surface area (Å²) in [6, 6.07) is 10.7. The third-order valence-electron chi connectivity index (χ3n) is 2.82. The summed E-state index contributed by atoms with van der Waals surface area (Å²) in [5, 5.41) is 0. The molecule has 1 aliphatic heterocycles. The second-order valence-electron chi connectivity index (χ2n) is 3.75. The molecule has 1 nitrogen and oxygen atoms in total. The lowest BCUT2D eigenvalue weighted by atomic mass is 10.0. The van der Waals surface area contributed by atoms with Crippen molar-refractivity contribution >= 4 is 5.57 Å². The second-order valence-corrected chi connectivity index (χ2v) is 3.75. The summed E-state index contributed by atoms with van der Waals surface area (Å²) in [4.78, 5) is 2.49. The Balaban J connectivity index is 2.16. The molecule has 1 heteroatoms. The molecule has 0 unspecified atom stereocenters. The number of benzene rings is 1. The Morgan fingerprint density at radius 2 is 2.00 bits per heavy atom. The molecule has 1 aromatic rings. The maximum atomic E-state index is 2.49. The van der Waals surface area contributed by atoms with Crippen molar-refractivity contribution in [1.82, 2.24) is 4.90 Å². The van der Waals surface area contributed by atoms with Crippen LogP contribution in [0.1, 0.15) is 18.9 Å². The topological polar surface area (TPSA) is 3.24 Å². The summed E-state index contributed by atoms with van der Waals surface area (Å²) < 4.78 is 0. The molecule has 2 rings (SSSR count). The molecule has 0 saturated carbocycles. The quantitative estimate of drug-likeness (QED) is 0.688. The summed E-state index contributed by atoms with van der Waals surface area (Å²) in [5.41, 5.74) is 2.87. The van der Waals surface area contributed by atoms with Crippen molar-refractivity contribution in [2.45, 2.75) is 13.3 Å². The highest BCUT2D eigenvalue weighted by atomic mass is 15.1. The van der Waals surface area contributed by atoms with Crippen LogP contribution in [-0.4, -0.2) is 24.5 Å². The van der Waals surface area contributed by atoms with Crippen LogP contribution >= 0.6 is 0 Å². The van der Waals surface area contributed by atoms with Gasteiger partial charge >= 0.3 is 0 Å². The SMILES string of the molecule is CCN1CCC=C(c2ccccc2)C1. The van der Waals surface area contributed by atoms with Gasteiger partial charge in [0.15, 0.2) is 0 Å². The van der Waals surface area contributed by atoms with E-state index in [0.717, 1.165) is 13.1 Å². The van der Waals surface area contributed by atoms with Gasteiger partial charge in [-0.1, -0.05) is 43.3 Å². The minimum absolute atomic E-state index is 1.11. The lowest BCUT2D eigenvalue weighted by Crippen LogP contribution is -2.29. The van der Waals surface area contributed by atoms with Crippen molar-refractivity contribution in [1.29, 1.82) is 0 Å². The molecule has 0 N–H and O–H groups in total. The Kier molecular flexibility index (Phi) is 3.00. The standard InChI is InChI=1S/C13H17N/c1-2-14-10-6-9-13(11-14)12-7-4-3-5-8-12/h3-5,7-9H,2,6,10-11H2,1H3. The van der Waals surface area contributed by atoms with Gasteiger partial charge in [-0.15, -0.1) is 0 Å². The van der Waals surface area contributed by atoms with Crippen LogP contribution < -0.4 is 0 Å². The van der Waals surface area contributed by atoms with Crippen LogP contribution in [0.4, 0.5) is 0 Å². The van der Waals surface area contributed by atoms with E-state index >= 15 is 0 Å². The van der Waals surface area contributed by atoms with Crippen LogP contribution in [0.15, 0.2) is 36.4 Å². The Morgan fingerprint density at radius 1 is 1.21 bits per heavy atom. The van der Waals surface area contributed by atoms with Gasteiger partial charge in [0.05, 0.1) is 0 Å². The van der Waals surface area contributed by atoms with E-state index in [1.54, 1.807) is 0 Å². The van der Waals surface area contributed by atoms with Gasteiger partial charge in [-0.3, -0.25) is 4.90 Å². The fraction of sp³-hybridized carbons (Fsp3) is 0.385. The molecule has 1 heterocycles. The smallest absolute Gasteiger partial charge is 0.0236 e. The number of hydrogen-bond donors (Lipinski definition) is 0. The van der Waals surface area contributed by atoms with E-state index in [4.69, 9.17) is 0 Å². The van der Waals surface area contributed by atoms with Gasteiger partial charge in [-0.25, -0.2) is 0 Å². The highest BCUT2D eigenvalue weighted by Crippen LogP contribution is 2.19. The Bertz CT molecular complexity index is 313. The van der Waals surface area contributed by atoms with Gasteiger partial charge in [0.2, 0.25) is 0 Å². The molecule has 74 valence electrons. The fourth-order valence-corrected chi connectivity index (χ4v) is 1.94. The number of nitrogens with zero attached hydrogens (tertiary/aromatic N) is 1. The summed E-state index contributed by atoms with van der Waals surface area (Å²) in [6.45, 7) is 5.71. The largest absolute Gasteiger partial charge is 0.299 e. The molecule has 0 amide bonds. The molecule has 1 aromatic carbocycles.